The zero-order valence-corrected chi connectivity index (χ0v) is 24.8. The average molecular weight is 604 g/mol. The summed E-state index contributed by atoms with van der Waals surface area (Å²) < 4.78 is 11.7. The van der Waals surface area contributed by atoms with Gasteiger partial charge in [-0.05, 0) is 68.4 Å². The Morgan fingerprint density at radius 1 is 1.20 bits per heavy atom. The van der Waals surface area contributed by atoms with E-state index in [0.29, 0.717) is 16.4 Å². The largest absolute Gasteiger partial charge is 0.496 e. The number of benzene rings is 2. The lowest BCUT2D eigenvalue weighted by Crippen LogP contribution is -2.12. The number of ether oxygens (including phenoxy) is 2. The van der Waals surface area contributed by atoms with E-state index in [9.17, 15) is 9.59 Å². The zero-order valence-electron chi connectivity index (χ0n) is 22.5. The van der Waals surface area contributed by atoms with E-state index in [-0.39, 0.29) is 21.2 Å². The Labute approximate surface area is 248 Å². The standard InChI is InChI=1S/C30H32Cl2N2O5S/c1-18(29(36)37)13-23-24(31)14-21(15-25(23)32)28(35)34-30-33-26(17-40-30)22-11-5-9-20(27(22)38-2)10-6-12-39-16-19-7-3-4-8-19/h5,9,11,13-15,17,19H,3-4,6-8,10,12,16H2,1-2H3,(H,36,37)(H,33,34,35). The fourth-order valence-corrected chi connectivity index (χ4v) is 6.07. The van der Waals surface area contributed by atoms with Crippen LogP contribution in [0.15, 0.2) is 41.3 Å². The van der Waals surface area contributed by atoms with Crippen LogP contribution in [0.2, 0.25) is 10.0 Å². The minimum absolute atomic E-state index is 0.0727. The van der Waals surface area contributed by atoms with E-state index < -0.39 is 11.9 Å². The van der Waals surface area contributed by atoms with Crippen molar-refractivity contribution in [3.05, 3.63) is 68.0 Å². The second kappa shape index (κ2) is 14.1. The van der Waals surface area contributed by atoms with Crippen molar-refractivity contribution in [3.63, 3.8) is 0 Å². The molecule has 7 nitrogen and oxygen atoms in total. The Hall–Kier alpha value is -2.91. The lowest BCUT2D eigenvalue weighted by molar-refractivity contribution is -0.132. The van der Waals surface area contributed by atoms with Gasteiger partial charge in [-0.3, -0.25) is 10.1 Å². The first-order chi connectivity index (χ1) is 19.3. The Morgan fingerprint density at radius 2 is 1.93 bits per heavy atom. The molecule has 3 aromatic rings. The number of carbonyl (C=O) groups excluding carboxylic acids is 1. The van der Waals surface area contributed by atoms with Gasteiger partial charge in [0.1, 0.15) is 5.75 Å². The molecule has 0 saturated heterocycles. The maximum absolute atomic E-state index is 12.9. The van der Waals surface area contributed by atoms with Gasteiger partial charge in [-0.1, -0.05) is 48.2 Å². The van der Waals surface area contributed by atoms with Gasteiger partial charge < -0.3 is 14.6 Å². The summed E-state index contributed by atoms with van der Waals surface area (Å²) in [6.07, 6.45) is 8.31. The highest BCUT2D eigenvalue weighted by molar-refractivity contribution is 7.14. The number of hydrogen-bond acceptors (Lipinski definition) is 6. The second-order valence-corrected chi connectivity index (χ2v) is 11.5. The van der Waals surface area contributed by atoms with Gasteiger partial charge in [0.05, 0.1) is 22.8 Å². The maximum Gasteiger partial charge on any atom is 0.331 e. The van der Waals surface area contributed by atoms with Crippen molar-refractivity contribution in [2.45, 2.75) is 45.4 Å². The van der Waals surface area contributed by atoms with Crippen LogP contribution in [-0.4, -0.2) is 42.3 Å². The molecule has 0 radical (unpaired) electrons. The topological polar surface area (TPSA) is 97.8 Å². The van der Waals surface area contributed by atoms with E-state index in [1.54, 1.807) is 7.11 Å². The molecule has 212 valence electrons. The molecule has 1 fully saturated rings. The van der Waals surface area contributed by atoms with Crippen molar-refractivity contribution in [3.8, 4) is 17.0 Å². The normalized spacial score (nSPS) is 13.9. The lowest BCUT2D eigenvalue weighted by atomic mass is 10.0. The van der Waals surface area contributed by atoms with Gasteiger partial charge in [0.25, 0.3) is 5.91 Å². The molecule has 4 rings (SSSR count). The van der Waals surface area contributed by atoms with Crippen LogP contribution in [-0.2, 0) is 16.0 Å². The molecule has 2 N–H and O–H groups in total. The molecule has 1 saturated carbocycles. The number of para-hydroxylation sites is 1. The van der Waals surface area contributed by atoms with Crippen molar-refractivity contribution < 1.29 is 24.2 Å². The molecule has 1 aliphatic carbocycles. The summed E-state index contributed by atoms with van der Waals surface area (Å²) in [5.74, 6) is -0.0381. The molecule has 2 aromatic carbocycles. The average Bonchev–Trinajstić information content (AvgIpc) is 3.62. The summed E-state index contributed by atoms with van der Waals surface area (Å²) >= 11 is 13.9. The number of nitrogens with zero attached hydrogens (tertiary/aromatic N) is 1. The van der Waals surface area contributed by atoms with E-state index in [2.05, 4.69) is 16.4 Å². The Bertz CT molecular complexity index is 1380. The Kier molecular flexibility index (Phi) is 10.6. The Balaban J connectivity index is 1.41. The first-order valence-electron chi connectivity index (χ1n) is 13.2. The number of aliphatic carboxylic acids is 1. The third-order valence-electron chi connectivity index (χ3n) is 6.90. The number of rotatable bonds is 12. The highest BCUT2D eigenvalue weighted by Gasteiger charge is 2.18. The molecule has 0 unspecified atom stereocenters. The summed E-state index contributed by atoms with van der Waals surface area (Å²) in [6, 6.07) is 8.88. The number of carboxylic acids is 1. The number of amides is 1. The van der Waals surface area contributed by atoms with Crippen molar-refractivity contribution in [2.24, 2.45) is 5.92 Å². The molecule has 0 aliphatic heterocycles. The molecule has 0 bridgehead atoms. The van der Waals surface area contributed by atoms with Crippen molar-refractivity contribution >= 4 is 57.6 Å². The first kappa shape index (κ1) is 30.1. The predicted octanol–water partition coefficient (Wildman–Crippen LogP) is 8.01. The third-order valence-corrected chi connectivity index (χ3v) is 8.29. The molecule has 40 heavy (non-hydrogen) atoms. The smallest absolute Gasteiger partial charge is 0.331 e. The van der Waals surface area contributed by atoms with Crippen LogP contribution in [0.3, 0.4) is 0 Å². The van der Waals surface area contributed by atoms with E-state index >= 15 is 0 Å². The summed E-state index contributed by atoms with van der Waals surface area (Å²) in [5.41, 5.74) is 3.26. The number of aromatic nitrogens is 1. The van der Waals surface area contributed by atoms with E-state index in [0.717, 1.165) is 48.8 Å². The molecule has 10 heteroatoms. The number of nitrogens with one attached hydrogen (secondary N) is 1. The van der Waals surface area contributed by atoms with Gasteiger partial charge >= 0.3 is 5.97 Å². The van der Waals surface area contributed by atoms with Crippen LogP contribution < -0.4 is 10.1 Å². The fraction of sp³-hybridized carbons (Fsp3) is 0.367. The molecule has 0 spiro atoms. The monoisotopic (exact) mass is 602 g/mol. The van der Waals surface area contributed by atoms with Gasteiger partial charge in [0.15, 0.2) is 5.13 Å². The van der Waals surface area contributed by atoms with Crippen molar-refractivity contribution in [1.29, 1.82) is 0 Å². The molecule has 0 atom stereocenters. The fourth-order valence-electron chi connectivity index (χ4n) is 4.77. The van der Waals surface area contributed by atoms with Gasteiger partial charge in [-0.15, -0.1) is 11.3 Å². The quantitative estimate of drug-likeness (QED) is 0.161. The second-order valence-electron chi connectivity index (χ2n) is 9.80. The minimum atomic E-state index is -1.08. The van der Waals surface area contributed by atoms with E-state index in [1.165, 1.54) is 62.2 Å². The summed E-state index contributed by atoms with van der Waals surface area (Å²) in [6.45, 7) is 3.02. The van der Waals surface area contributed by atoms with Crippen LogP contribution in [0.1, 0.15) is 60.5 Å². The van der Waals surface area contributed by atoms with Crippen molar-refractivity contribution in [1.82, 2.24) is 4.98 Å². The molecule has 1 aliphatic rings. The molecule has 1 aromatic heterocycles. The highest BCUT2D eigenvalue weighted by Crippen LogP contribution is 2.36. The lowest BCUT2D eigenvalue weighted by Gasteiger charge is -2.13. The maximum atomic E-state index is 12.9. The first-order valence-corrected chi connectivity index (χ1v) is 14.8. The Morgan fingerprint density at radius 3 is 2.60 bits per heavy atom. The molecule has 1 amide bonds. The van der Waals surface area contributed by atoms with Crippen molar-refractivity contribution in [2.75, 3.05) is 25.6 Å². The number of halogens is 2. The highest BCUT2D eigenvalue weighted by atomic mass is 35.5. The van der Waals surface area contributed by atoms with Gasteiger partial charge in [0, 0.05) is 40.9 Å². The van der Waals surface area contributed by atoms with Crippen LogP contribution in [0.4, 0.5) is 5.13 Å². The number of carbonyl (C=O) groups is 2. The van der Waals surface area contributed by atoms with Gasteiger partial charge in [-0.2, -0.15) is 0 Å². The van der Waals surface area contributed by atoms with Gasteiger partial charge in [0.2, 0.25) is 0 Å². The molecule has 1 heterocycles. The van der Waals surface area contributed by atoms with Gasteiger partial charge in [-0.25, -0.2) is 9.78 Å². The van der Waals surface area contributed by atoms with Crippen LogP contribution >= 0.6 is 34.5 Å². The number of aryl methyl sites for hydroxylation is 1. The summed E-state index contributed by atoms with van der Waals surface area (Å²) in [7, 11) is 1.65. The molecular weight excluding hydrogens is 571 g/mol. The van der Waals surface area contributed by atoms with E-state index in [4.69, 9.17) is 37.8 Å². The number of hydrogen-bond donors (Lipinski definition) is 2. The minimum Gasteiger partial charge on any atom is -0.496 e. The molecular formula is C30H32Cl2N2O5S. The van der Waals surface area contributed by atoms with Crippen LogP contribution in [0.25, 0.3) is 17.3 Å². The zero-order chi connectivity index (χ0) is 28.6. The predicted molar refractivity (Wildman–Crippen MR) is 161 cm³/mol. The summed E-state index contributed by atoms with van der Waals surface area (Å²) in [4.78, 5) is 28.7. The number of anilines is 1. The number of carboxylic acid groups (broad SMARTS) is 1. The number of thiazole rings is 1. The van der Waals surface area contributed by atoms with Crippen LogP contribution in [0, 0.1) is 5.92 Å². The third kappa shape index (κ3) is 7.63. The van der Waals surface area contributed by atoms with E-state index in [1.807, 2.05) is 17.5 Å². The summed E-state index contributed by atoms with van der Waals surface area (Å²) in [5, 5.41) is 14.5. The van der Waals surface area contributed by atoms with Crippen LogP contribution in [0.5, 0.6) is 5.75 Å². The SMILES string of the molecule is COc1c(CCCOCC2CCCC2)cccc1-c1csc(NC(=O)c2cc(Cl)c(C=C(C)C(=O)O)c(Cl)c2)n1. The number of methoxy groups -OCH3 is 1.